The van der Waals surface area contributed by atoms with Crippen LogP contribution in [0.3, 0.4) is 0 Å². The second-order valence-corrected chi connectivity index (χ2v) is 4.02. The van der Waals surface area contributed by atoms with Crippen LogP contribution in [0.15, 0.2) is 18.2 Å². The molecule has 1 rings (SSSR count). The zero-order chi connectivity index (χ0) is 16.6. The molecule has 0 heterocycles. The Kier molecular flexibility index (Phi) is 4.42. The van der Waals surface area contributed by atoms with Crippen LogP contribution in [0.5, 0.6) is 5.75 Å². The van der Waals surface area contributed by atoms with E-state index in [1.54, 1.807) is 0 Å². The molecule has 118 valence electrons. The monoisotopic (exact) mass is 342 g/mol. The number of benzene rings is 1. The van der Waals surface area contributed by atoms with E-state index in [4.69, 9.17) is 11.6 Å². The van der Waals surface area contributed by atoms with Crippen LogP contribution in [-0.2, 0) is 4.79 Å². The minimum atomic E-state index is -6.68. The molecule has 0 aliphatic heterocycles. The number of ether oxygens (including phenoxy) is 1. The summed E-state index contributed by atoms with van der Waals surface area (Å²) in [4.78, 5) is 10.9. The Bertz CT molecular complexity index is 554. The van der Waals surface area contributed by atoms with Gasteiger partial charge in [0.25, 0.3) is 0 Å². The first-order valence-electron chi connectivity index (χ1n) is 4.80. The summed E-state index contributed by atoms with van der Waals surface area (Å²) in [6.45, 7) is 0. The second kappa shape index (κ2) is 5.32. The van der Waals surface area contributed by atoms with Crippen molar-refractivity contribution in [1.29, 1.82) is 0 Å². The first kappa shape index (κ1) is 17.5. The molecule has 1 aromatic carbocycles. The van der Waals surface area contributed by atoms with Crippen molar-refractivity contribution >= 4 is 17.6 Å². The molecular weight excluding hydrogens is 340 g/mol. The summed E-state index contributed by atoms with van der Waals surface area (Å²) < 4.78 is 103. The van der Waals surface area contributed by atoms with Crippen molar-refractivity contribution in [3.8, 4) is 5.75 Å². The summed E-state index contributed by atoms with van der Waals surface area (Å²) in [5.41, 5.74) is 0. The minimum absolute atomic E-state index is 0.476. The normalized spacial score (nSPS) is 13.2. The van der Waals surface area contributed by atoms with E-state index < -0.39 is 40.6 Å². The molecule has 0 aliphatic carbocycles. The van der Waals surface area contributed by atoms with Crippen LogP contribution in [0.4, 0.5) is 35.1 Å². The highest BCUT2D eigenvalue weighted by Gasteiger charge is 2.77. The maximum absolute atomic E-state index is 12.9. The van der Waals surface area contributed by atoms with E-state index in [-0.39, 0.29) is 0 Å². The molecule has 2 nitrogen and oxygen atoms in total. The van der Waals surface area contributed by atoms with Gasteiger partial charge < -0.3 is 4.74 Å². The van der Waals surface area contributed by atoms with Gasteiger partial charge in [-0.1, -0.05) is 11.6 Å². The Hall–Kier alpha value is -1.58. The molecule has 0 aliphatic rings. The van der Waals surface area contributed by atoms with Crippen LogP contribution >= 0.6 is 11.6 Å². The Morgan fingerprint density at radius 3 is 2.00 bits per heavy atom. The Labute approximate surface area is 116 Å². The molecule has 0 bridgehead atoms. The second-order valence-electron chi connectivity index (χ2n) is 3.61. The topological polar surface area (TPSA) is 26.3 Å². The lowest BCUT2D eigenvalue weighted by Gasteiger charge is -2.26. The van der Waals surface area contributed by atoms with E-state index in [0.717, 1.165) is 0 Å². The number of esters is 1. The molecule has 0 atom stereocenters. The van der Waals surface area contributed by atoms with Crippen LogP contribution in [0, 0.1) is 5.82 Å². The third-order valence-electron chi connectivity index (χ3n) is 2.10. The molecule has 1 aromatic rings. The summed E-state index contributed by atoms with van der Waals surface area (Å²) in [5, 5.41) is -0.769. The fourth-order valence-corrected chi connectivity index (χ4v) is 1.23. The molecular formula is C10H3ClF8O2. The van der Waals surface area contributed by atoms with Crippen LogP contribution in [0.1, 0.15) is 0 Å². The quantitative estimate of drug-likeness (QED) is 0.467. The van der Waals surface area contributed by atoms with E-state index in [1.165, 1.54) is 0 Å². The third kappa shape index (κ3) is 3.20. The van der Waals surface area contributed by atoms with Crippen molar-refractivity contribution in [1.82, 2.24) is 0 Å². The lowest BCUT2D eigenvalue weighted by molar-refractivity contribution is -0.346. The highest BCUT2D eigenvalue weighted by atomic mass is 35.5. The minimum Gasteiger partial charge on any atom is -0.420 e. The Balaban J connectivity index is 3.07. The Morgan fingerprint density at radius 1 is 1.05 bits per heavy atom. The van der Waals surface area contributed by atoms with E-state index in [0.29, 0.717) is 18.2 Å². The van der Waals surface area contributed by atoms with Crippen LogP contribution in [0.2, 0.25) is 5.02 Å². The number of alkyl halides is 7. The number of rotatable bonds is 3. The summed E-state index contributed by atoms with van der Waals surface area (Å²) >= 11 is 5.26. The van der Waals surface area contributed by atoms with Crippen molar-refractivity contribution in [2.75, 3.05) is 0 Å². The predicted molar refractivity (Wildman–Crippen MR) is 53.0 cm³/mol. The number of hydrogen-bond acceptors (Lipinski definition) is 2. The number of carbonyl (C=O) groups is 1. The van der Waals surface area contributed by atoms with Gasteiger partial charge in [-0.2, -0.15) is 30.7 Å². The molecule has 0 radical (unpaired) electrons. The van der Waals surface area contributed by atoms with Gasteiger partial charge in [0.05, 0.1) is 5.02 Å². The van der Waals surface area contributed by atoms with Gasteiger partial charge >= 0.3 is 24.0 Å². The molecule has 21 heavy (non-hydrogen) atoms. The average molecular weight is 343 g/mol. The molecule has 0 N–H and O–H groups in total. The van der Waals surface area contributed by atoms with Crippen LogP contribution < -0.4 is 4.74 Å². The molecule has 0 aromatic heterocycles. The maximum Gasteiger partial charge on any atom is 0.460 e. The fraction of sp³-hybridized carbons (Fsp3) is 0.300. The number of carbonyl (C=O) groups excluding carboxylic acids is 1. The van der Waals surface area contributed by atoms with Crippen LogP contribution in [-0.4, -0.2) is 24.0 Å². The zero-order valence-corrected chi connectivity index (χ0v) is 10.2. The first-order chi connectivity index (χ1) is 9.30. The van der Waals surface area contributed by atoms with Crippen LogP contribution in [0.25, 0.3) is 0 Å². The molecule has 0 saturated heterocycles. The van der Waals surface area contributed by atoms with Gasteiger partial charge in [-0.3, -0.25) is 0 Å². The molecule has 0 spiro atoms. The van der Waals surface area contributed by atoms with Gasteiger partial charge in [-0.05, 0) is 18.2 Å². The lowest BCUT2D eigenvalue weighted by Crippen LogP contribution is -2.57. The van der Waals surface area contributed by atoms with Crippen molar-refractivity contribution in [2.45, 2.75) is 18.0 Å². The summed E-state index contributed by atoms with van der Waals surface area (Å²) in [5.74, 6) is -18.0. The van der Waals surface area contributed by atoms with Gasteiger partial charge in [0.15, 0.2) is 0 Å². The molecule has 0 saturated carbocycles. The number of halogens is 9. The third-order valence-corrected chi connectivity index (χ3v) is 2.40. The number of hydrogen-bond donors (Lipinski definition) is 0. The van der Waals surface area contributed by atoms with Gasteiger partial charge in [0, 0.05) is 0 Å². The van der Waals surface area contributed by atoms with Crippen molar-refractivity contribution in [3.63, 3.8) is 0 Å². The van der Waals surface area contributed by atoms with Gasteiger partial charge in [-0.25, -0.2) is 9.18 Å². The largest absolute Gasteiger partial charge is 0.460 e. The van der Waals surface area contributed by atoms with Crippen molar-refractivity contribution in [3.05, 3.63) is 29.0 Å². The fourth-order valence-electron chi connectivity index (χ4n) is 1.03. The first-order valence-corrected chi connectivity index (χ1v) is 5.18. The predicted octanol–water partition coefficient (Wildman–Crippen LogP) is 4.22. The maximum atomic E-state index is 12.9. The Morgan fingerprint density at radius 2 is 1.57 bits per heavy atom. The van der Waals surface area contributed by atoms with Crippen molar-refractivity contribution in [2.24, 2.45) is 0 Å². The molecule has 0 unspecified atom stereocenters. The summed E-state index contributed by atoms with van der Waals surface area (Å²) in [6, 6.07) is 1.55. The van der Waals surface area contributed by atoms with Gasteiger partial charge in [-0.15, -0.1) is 0 Å². The molecule has 11 heteroatoms. The standard InChI is InChI=1S/C10H3ClF8O2/c11-5-3-4(12)1-2-6(5)21-7(20)8(13,14)9(15,16)10(17,18)19/h1-3H. The highest BCUT2D eigenvalue weighted by Crippen LogP contribution is 2.47. The SMILES string of the molecule is O=C(Oc1ccc(F)cc1Cl)C(F)(F)C(F)(F)C(F)(F)F. The van der Waals surface area contributed by atoms with E-state index in [2.05, 4.69) is 4.74 Å². The van der Waals surface area contributed by atoms with E-state index >= 15 is 0 Å². The average Bonchev–Trinajstić information content (AvgIpc) is 2.30. The smallest absolute Gasteiger partial charge is 0.420 e. The van der Waals surface area contributed by atoms with E-state index in [9.17, 15) is 39.9 Å². The van der Waals surface area contributed by atoms with Gasteiger partial charge in [0.1, 0.15) is 11.6 Å². The van der Waals surface area contributed by atoms with E-state index in [1.807, 2.05) is 0 Å². The summed E-state index contributed by atoms with van der Waals surface area (Å²) in [6.07, 6.45) is -6.68. The van der Waals surface area contributed by atoms with Gasteiger partial charge in [0.2, 0.25) is 0 Å². The zero-order valence-electron chi connectivity index (χ0n) is 9.45. The van der Waals surface area contributed by atoms with Crippen molar-refractivity contribution < 1.29 is 44.7 Å². The molecule has 0 fully saturated rings. The summed E-state index contributed by atoms with van der Waals surface area (Å²) in [7, 11) is 0. The highest BCUT2D eigenvalue weighted by molar-refractivity contribution is 6.32. The molecule has 0 amide bonds. The lowest BCUT2D eigenvalue weighted by atomic mass is 10.1.